The monoisotopic (exact) mass is 434 g/mol. The molecule has 0 aliphatic carbocycles. The Balaban J connectivity index is 1.40. The molecule has 1 aromatic heterocycles. The van der Waals surface area contributed by atoms with Crippen molar-refractivity contribution in [3.8, 4) is 0 Å². The van der Waals surface area contributed by atoms with E-state index in [1.807, 2.05) is 24.3 Å². The standard InChI is InChI=1S/C20H19FN2O4S2/c21-15-7-9-16(10-8-15)29(25,26)23-11-3-4-14(12-23)20(24)27-13-19-22-17-5-1-2-6-18(17)28-19/h1-2,5-10,14H,3-4,11-13H2/t14-/m0/s1. The maximum absolute atomic E-state index is 13.1. The van der Waals surface area contributed by atoms with E-state index in [9.17, 15) is 17.6 Å². The predicted molar refractivity (Wildman–Crippen MR) is 107 cm³/mol. The molecule has 1 aliphatic rings. The minimum absolute atomic E-state index is 0.0161. The van der Waals surface area contributed by atoms with Gasteiger partial charge in [-0.2, -0.15) is 4.31 Å². The molecule has 9 heteroatoms. The molecule has 1 aliphatic heterocycles. The summed E-state index contributed by atoms with van der Waals surface area (Å²) in [6.45, 7) is 0.444. The Bertz CT molecular complexity index is 1100. The fourth-order valence-electron chi connectivity index (χ4n) is 3.34. The van der Waals surface area contributed by atoms with Crippen LogP contribution in [0.2, 0.25) is 0 Å². The number of esters is 1. The molecule has 1 saturated heterocycles. The summed E-state index contributed by atoms with van der Waals surface area (Å²) in [5.41, 5.74) is 0.859. The average molecular weight is 435 g/mol. The first-order chi connectivity index (χ1) is 13.9. The van der Waals surface area contributed by atoms with Gasteiger partial charge in [0.2, 0.25) is 10.0 Å². The highest BCUT2D eigenvalue weighted by Gasteiger charge is 2.34. The van der Waals surface area contributed by atoms with Crippen LogP contribution in [0.1, 0.15) is 17.8 Å². The molecule has 4 rings (SSSR count). The van der Waals surface area contributed by atoms with Crippen molar-refractivity contribution in [3.05, 3.63) is 59.4 Å². The molecule has 29 heavy (non-hydrogen) atoms. The molecular formula is C20H19FN2O4S2. The summed E-state index contributed by atoms with van der Waals surface area (Å²) in [7, 11) is -3.78. The third-order valence-electron chi connectivity index (χ3n) is 4.84. The van der Waals surface area contributed by atoms with E-state index in [2.05, 4.69) is 4.98 Å². The molecule has 152 valence electrons. The summed E-state index contributed by atoms with van der Waals surface area (Å²) in [6.07, 6.45) is 1.12. The molecule has 1 atom stereocenters. The van der Waals surface area contributed by atoms with Gasteiger partial charge in [-0.15, -0.1) is 11.3 Å². The van der Waals surface area contributed by atoms with Gasteiger partial charge in [0.25, 0.3) is 0 Å². The SMILES string of the molecule is O=C(OCc1nc2ccccc2s1)[C@H]1CCCN(S(=O)(=O)c2ccc(F)cc2)C1. The zero-order chi connectivity index (χ0) is 20.4. The van der Waals surface area contributed by atoms with Crippen molar-refractivity contribution in [1.82, 2.24) is 9.29 Å². The summed E-state index contributed by atoms with van der Waals surface area (Å²) in [6, 6.07) is 12.4. The Hall–Kier alpha value is -2.36. The van der Waals surface area contributed by atoms with Gasteiger partial charge in [-0.05, 0) is 49.2 Å². The van der Waals surface area contributed by atoms with Gasteiger partial charge in [-0.25, -0.2) is 17.8 Å². The number of nitrogens with zero attached hydrogens (tertiary/aromatic N) is 2. The van der Waals surface area contributed by atoms with E-state index in [0.717, 1.165) is 22.3 Å². The molecule has 0 amide bonds. The van der Waals surface area contributed by atoms with Crippen molar-refractivity contribution < 1.29 is 22.3 Å². The Kier molecular flexibility index (Phi) is 5.62. The number of carbonyl (C=O) groups is 1. The number of ether oxygens (including phenoxy) is 1. The lowest BCUT2D eigenvalue weighted by Crippen LogP contribution is -2.42. The topological polar surface area (TPSA) is 76.6 Å². The Morgan fingerprint density at radius 1 is 1.21 bits per heavy atom. The number of carbonyl (C=O) groups excluding carboxylic acids is 1. The van der Waals surface area contributed by atoms with Crippen molar-refractivity contribution in [2.24, 2.45) is 5.92 Å². The fraction of sp³-hybridized carbons (Fsp3) is 0.300. The summed E-state index contributed by atoms with van der Waals surface area (Å²) in [5.74, 6) is -1.46. The molecule has 3 aromatic rings. The van der Waals surface area contributed by atoms with Crippen LogP contribution in [0.3, 0.4) is 0 Å². The third-order valence-corrected chi connectivity index (χ3v) is 7.73. The number of fused-ring (bicyclic) bond motifs is 1. The van der Waals surface area contributed by atoms with Gasteiger partial charge >= 0.3 is 5.97 Å². The van der Waals surface area contributed by atoms with Crippen LogP contribution in [0.25, 0.3) is 10.2 Å². The van der Waals surface area contributed by atoms with Crippen LogP contribution in [-0.4, -0.2) is 36.8 Å². The molecule has 0 N–H and O–H groups in total. The second kappa shape index (κ2) is 8.17. The fourth-order valence-corrected chi connectivity index (χ4v) is 5.75. The zero-order valence-electron chi connectivity index (χ0n) is 15.5. The lowest BCUT2D eigenvalue weighted by atomic mass is 10.0. The first kappa shape index (κ1) is 19.9. The molecule has 6 nitrogen and oxygen atoms in total. The molecule has 2 aromatic carbocycles. The number of aromatic nitrogens is 1. The molecule has 0 bridgehead atoms. The van der Waals surface area contributed by atoms with Crippen molar-refractivity contribution >= 4 is 37.5 Å². The van der Waals surface area contributed by atoms with Crippen molar-refractivity contribution in [2.45, 2.75) is 24.3 Å². The smallest absolute Gasteiger partial charge is 0.310 e. The maximum Gasteiger partial charge on any atom is 0.310 e. The summed E-state index contributed by atoms with van der Waals surface area (Å²) in [5, 5.41) is 0.700. The minimum atomic E-state index is -3.78. The van der Waals surface area contributed by atoms with E-state index < -0.39 is 27.7 Å². The van der Waals surface area contributed by atoms with E-state index in [1.54, 1.807) is 0 Å². The van der Waals surface area contributed by atoms with E-state index >= 15 is 0 Å². The highest BCUT2D eigenvalue weighted by atomic mass is 32.2. The second-order valence-electron chi connectivity index (χ2n) is 6.84. The van der Waals surface area contributed by atoms with E-state index in [1.165, 1.54) is 27.8 Å². The predicted octanol–water partition coefficient (Wildman–Crippen LogP) is 3.58. The molecule has 0 spiro atoms. The number of thiazole rings is 1. The molecule has 0 saturated carbocycles. The lowest BCUT2D eigenvalue weighted by molar-refractivity contribution is -0.151. The highest BCUT2D eigenvalue weighted by Crippen LogP contribution is 2.26. The van der Waals surface area contributed by atoms with E-state index in [0.29, 0.717) is 24.4 Å². The Morgan fingerprint density at radius 3 is 2.72 bits per heavy atom. The summed E-state index contributed by atoms with van der Waals surface area (Å²) >= 11 is 1.46. The summed E-state index contributed by atoms with van der Waals surface area (Å²) in [4.78, 5) is 17.0. The van der Waals surface area contributed by atoms with Crippen LogP contribution in [-0.2, 0) is 26.2 Å². The number of rotatable bonds is 5. The van der Waals surface area contributed by atoms with Gasteiger partial charge in [-0.3, -0.25) is 4.79 Å². The average Bonchev–Trinajstić information content (AvgIpc) is 3.15. The van der Waals surface area contributed by atoms with Crippen LogP contribution in [0.5, 0.6) is 0 Å². The first-order valence-corrected chi connectivity index (χ1v) is 11.5. The van der Waals surface area contributed by atoms with Gasteiger partial charge in [0.15, 0.2) is 0 Å². The van der Waals surface area contributed by atoms with Gasteiger partial charge in [0, 0.05) is 13.1 Å². The number of hydrogen-bond donors (Lipinski definition) is 0. The van der Waals surface area contributed by atoms with Gasteiger partial charge in [-0.1, -0.05) is 12.1 Å². The summed E-state index contributed by atoms with van der Waals surface area (Å²) < 4.78 is 46.4. The molecule has 1 fully saturated rings. The second-order valence-corrected chi connectivity index (χ2v) is 9.89. The van der Waals surface area contributed by atoms with Crippen LogP contribution >= 0.6 is 11.3 Å². The maximum atomic E-state index is 13.1. The number of sulfonamides is 1. The quantitative estimate of drug-likeness (QED) is 0.574. The molecule has 0 radical (unpaired) electrons. The number of piperidine rings is 1. The van der Waals surface area contributed by atoms with Crippen LogP contribution in [0, 0.1) is 11.7 Å². The molecular weight excluding hydrogens is 415 g/mol. The van der Waals surface area contributed by atoms with Gasteiger partial charge < -0.3 is 4.74 Å². The Labute approximate surface area is 172 Å². The largest absolute Gasteiger partial charge is 0.458 e. The third kappa shape index (κ3) is 4.31. The van der Waals surface area contributed by atoms with Crippen molar-refractivity contribution in [1.29, 1.82) is 0 Å². The normalized spacial score (nSPS) is 18.0. The number of benzene rings is 2. The minimum Gasteiger partial charge on any atom is -0.458 e. The van der Waals surface area contributed by atoms with E-state index in [-0.39, 0.29) is 18.0 Å². The molecule has 2 heterocycles. The number of hydrogen-bond acceptors (Lipinski definition) is 6. The zero-order valence-corrected chi connectivity index (χ0v) is 17.1. The number of para-hydroxylation sites is 1. The number of halogens is 1. The lowest BCUT2D eigenvalue weighted by Gasteiger charge is -2.30. The van der Waals surface area contributed by atoms with Crippen molar-refractivity contribution in [3.63, 3.8) is 0 Å². The van der Waals surface area contributed by atoms with Crippen LogP contribution in [0.15, 0.2) is 53.4 Å². The van der Waals surface area contributed by atoms with Crippen LogP contribution < -0.4 is 0 Å². The van der Waals surface area contributed by atoms with Crippen LogP contribution in [0.4, 0.5) is 4.39 Å². The first-order valence-electron chi connectivity index (χ1n) is 9.20. The van der Waals surface area contributed by atoms with Crippen molar-refractivity contribution in [2.75, 3.05) is 13.1 Å². The van der Waals surface area contributed by atoms with Gasteiger partial charge in [0.05, 0.1) is 21.0 Å². The molecule has 0 unspecified atom stereocenters. The Morgan fingerprint density at radius 2 is 1.97 bits per heavy atom. The highest BCUT2D eigenvalue weighted by molar-refractivity contribution is 7.89. The van der Waals surface area contributed by atoms with E-state index in [4.69, 9.17) is 4.74 Å². The van der Waals surface area contributed by atoms with Gasteiger partial charge in [0.1, 0.15) is 17.4 Å².